The zero-order valence-electron chi connectivity index (χ0n) is 17.7. The van der Waals surface area contributed by atoms with E-state index in [1.807, 2.05) is 0 Å². The van der Waals surface area contributed by atoms with E-state index in [-0.39, 0.29) is 24.8 Å². The molecule has 3 aliphatic rings. The number of hydrogen-bond donors (Lipinski definition) is 1. The molecular formula is C21H41Cl2N3O2. The maximum Gasteiger partial charge on any atom is 0.222 e. The molecular weight excluding hydrogens is 397 g/mol. The van der Waals surface area contributed by atoms with Crippen LogP contribution in [0.1, 0.15) is 58.8 Å². The number of rotatable bonds is 6. The first-order chi connectivity index (χ1) is 12.6. The first-order valence-corrected chi connectivity index (χ1v) is 11.0. The lowest BCUT2D eigenvalue weighted by Crippen LogP contribution is -2.46. The maximum atomic E-state index is 12.5. The molecule has 1 amide bonds. The number of piperidine rings is 2. The van der Waals surface area contributed by atoms with Crippen molar-refractivity contribution < 1.29 is 9.53 Å². The fraction of sp³-hybridized carbons (Fsp3) is 0.952. The van der Waals surface area contributed by atoms with E-state index in [2.05, 4.69) is 29.0 Å². The van der Waals surface area contributed by atoms with Crippen LogP contribution in [0.3, 0.4) is 0 Å². The van der Waals surface area contributed by atoms with Crippen LogP contribution >= 0.6 is 24.8 Å². The average Bonchev–Trinajstić information content (AvgIpc) is 2.65. The van der Waals surface area contributed by atoms with Gasteiger partial charge in [-0.1, -0.05) is 0 Å². The first kappa shape index (κ1) is 26.0. The van der Waals surface area contributed by atoms with Crippen LogP contribution in [0.2, 0.25) is 0 Å². The molecule has 7 heteroatoms. The van der Waals surface area contributed by atoms with E-state index in [0.29, 0.717) is 18.1 Å². The highest BCUT2D eigenvalue weighted by atomic mass is 35.5. The molecule has 0 bridgehead atoms. The SMILES string of the molecule is CC1CN(CCC2CCN(C(=O)CCC3CCNCC3)CC2)CC(C)O1.Cl.Cl. The zero-order chi connectivity index (χ0) is 18.4. The molecule has 3 rings (SSSR count). The summed E-state index contributed by atoms with van der Waals surface area (Å²) in [5.74, 6) is 1.95. The van der Waals surface area contributed by atoms with Crippen molar-refractivity contribution in [2.24, 2.45) is 11.8 Å². The van der Waals surface area contributed by atoms with Gasteiger partial charge in [-0.05, 0) is 83.8 Å². The molecule has 1 N–H and O–H groups in total. The lowest BCUT2D eigenvalue weighted by Gasteiger charge is -2.37. The largest absolute Gasteiger partial charge is 0.373 e. The molecule has 0 saturated carbocycles. The van der Waals surface area contributed by atoms with Crippen LogP contribution in [0, 0.1) is 11.8 Å². The van der Waals surface area contributed by atoms with Crippen molar-refractivity contribution in [3.8, 4) is 0 Å². The molecule has 0 aromatic carbocycles. The van der Waals surface area contributed by atoms with Gasteiger partial charge in [0.15, 0.2) is 0 Å². The number of halogens is 2. The average molecular weight is 438 g/mol. The van der Waals surface area contributed by atoms with Gasteiger partial charge in [0.2, 0.25) is 5.91 Å². The number of nitrogens with one attached hydrogen (secondary N) is 1. The lowest BCUT2D eigenvalue weighted by molar-refractivity contribution is -0.133. The minimum Gasteiger partial charge on any atom is -0.373 e. The predicted octanol–water partition coefficient (Wildman–Crippen LogP) is 3.35. The number of carbonyl (C=O) groups excluding carboxylic acids is 1. The van der Waals surface area contributed by atoms with Gasteiger partial charge < -0.3 is 15.0 Å². The van der Waals surface area contributed by atoms with Crippen LogP contribution in [0.15, 0.2) is 0 Å². The fourth-order valence-electron chi connectivity index (χ4n) is 4.96. The Bertz CT molecular complexity index is 431. The van der Waals surface area contributed by atoms with E-state index in [0.717, 1.165) is 63.9 Å². The maximum absolute atomic E-state index is 12.5. The molecule has 3 fully saturated rings. The van der Waals surface area contributed by atoms with Gasteiger partial charge in [-0.15, -0.1) is 24.8 Å². The molecule has 0 aliphatic carbocycles. The summed E-state index contributed by atoms with van der Waals surface area (Å²) in [6.07, 6.45) is 8.71. The Morgan fingerprint density at radius 3 is 2.11 bits per heavy atom. The van der Waals surface area contributed by atoms with Crippen molar-refractivity contribution in [1.82, 2.24) is 15.1 Å². The second-order valence-corrected chi connectivity index (χ2v) is 8.86. The third-order valence-electron chi connectivity index (χ3n) is 6.54. The molecule has 2 atom stereocenters. The van der Waals surface area contributed by atoms with Crippen molar-refractivity contribution in [2.75, 3.05) is 45.8 Å². The summed E-state index contributed by atoms with van der Waals surface area (Å²) in [5, 5.41) is 3.41. The van der Waals surface area contributed by atoms with E-state index in [1.165, 1.54) is 38.6 Å². The Balaban J connectivity index is 0.00000196. The molecule has 5 nitrogen and oxygen atoms in total. The van der Waals surface area contributed by atoms with E-state index in [9.17, 15) is 4.79 Å². The minimum absolute atomic E-state index is 0. The Morgan fingerprint density at radius 1 is 0.929 bits per heavy atom. The van der Waals surface area contributed by atoms with Crippen LogP contribution < -0.4 is 5.32 Å². The third kappa shape index (κ3) is 8.35. The number of ether oxygens (including phenoxy) is 1. The van der Waals surface area contributed by atoms with Crippen LogP contribution in [-0.4, -0.2) is 73.7 Å². The second-order valence-electron chi connectivity index (χ2n) is 8.86. The Hall–Kier alpha value is -0.0700. The Labute approximate surface area is 184 Å². The monoisotopic (exact) mass is 437 g/mol. The predicted molar refractivity (Wildman–Crippen MR) is 120 cm³/mol. The van der Waals surface area contributed by atoms with Gasteiger partial charge in [-0.3, -0.25) is 9.69 Å². The van der Waals surface area contributed by atoms with Crippen molar-refractivity contribution in [2.45, 2.75) is 71.0 Å². The smallest absolute Gasteiger partial charge is 0.222 e. The number of hydrogen-bond acceptors (Lipinski definition) is 4. The standard InChI is InChI=1S/C21H39N3O2.2ClH/c1-17-15-23(16-18(2)26-17)12-7-20-8-13-24(14-9-20)21(25)4-3-19-5-10-22-11-6-19;;/h17-20,22H,3-16H2,1-2H3;2*1H. The van der Waals surface area contributed by atoms with Gasteiger partial charge in [0.25, 0.3) is 0 Å². The molecule has 0 aromatic rings. The lowest BCUT2D eigenvalue weighted by atomic mass is 9.91. The molecule has 0 aromatic heterocycles. The zero-order valence-corrected chi connectivity index (χ0v) is 19.4. The van der Waals surface area contributed by atoms with Crippen LogP contribution in [-0.2, 0) is 9.53 Å². The highest BCUT2D eigenvalue weighted by molar-refractivity contribution is 5.85. The number of nitrogens with zero attached hydrogens (tertiary/aromatic N) is 2. The van der Waals surface area contributed by atoms with Gasteiger partial charge in [-0.25, -0.2) is 0 Å². The number of likely N-dealkylation sites (tertiary alicyclic amines) is 1. The topological polar surface area (TPSA) is 44.8 Å². The second kappa shape index (κ2) is 13.3. The first-order valence-electron chi connectivity index (χ1n) is 11.0. The summed E-state index contributed by atoms with van der Waals surface area (Å²) in [4.78, 5) is 17.2. The molecule has 0 radical (unpaired) electrons. The van der Waals surface area contributed by atoms with Crippen molar-refractivity contribution in [3.63, 3.8) is 0 Å². The summed E-state index contributed by atoms with van der Waals surface area (Å²) in [6.45, 7) is 11.9. The van der Waals surface area contributed by atoms with Gasteiger partial charge in [0.05, 0.1) is 12.2 Å². The number of carbonyl (C=O) groups is 1. The molecule has 166 valence electrons. The highest BCUT2D eigenvalue weighted by Gasteiger charge is 2.26. The Kier molecular flexibility index (Phi) is 12.3. The van der Waals surface area contributed by atoms with E-state index >= 15 is 0 Å². The van der Waals surface area contributed by atoms with Gasteiger partial charge >= 0.3 is 0 Å². The van der Waals surface area contributed by atoms with E-state index < -0.39 is 0 Å². The van der Waals surface area contributed by atoms with Gasteiger partial charge in [0.1, 0.15) is 0 Å². The van der Waals surface area contributed by atoms with Gasteiger partial charge in [-0.2, -0.15) is 0 Å². The van der Waals surface area contributed by atoms with Crippen LogP contribution in [0.25, 0.3) is 0 Å². The summed E-state index contributed by atoms with van der Waals surface area (Å²) in [5.41, 5.74) is 0. The minimum atomic E-state index is 0. The number of morpholine rings is 1. The molecule has 2 unspecified atom stereocenters. The summed E-state index contributed by atoms with van der Waals surface area (Å²) < 4.78 is 5.83. The summed E-state index contributed by atoms with van der Waals surface area (Å²) >= 11 is 0. The van der Waals surface area contributed by atoms with Gasteiger partial charge in [0, 0.05) is 32.6 Å². The Morgan fingerprint density at radius 2 is 1.50 bits per heavy atom. The molecule has 3 saturated heterocycles. The quantitative estimate of drug-likeness (QED) is 0.691. The summed E-state index contributed by atoms with van der Waals surface area (Å²) in [7, 11) is 0. The van der Waals surface area contributed by atoms with Crippen molar-refractivity contribution >= 4 is 30.7 Å². The summed E-state index contributed by atoms with van der Waals surface area (Å²) in [6, 6.07) is 0. The highest BCUT2D eigenvalue weighted by Crippen LogP contribution is 2.24. The van der Waals surface area contributed by atoms with Crippen LogP contribution in [0.5, 0.6) is 0 Å². The van der Waals surface area contributed by atoms with Crippen molar-refractivity contribution in [1.29, 1.82) is 0 Å². The number of amides is 1. The van der Waals surface area contributed by atoms with E-state index in [4.69, 9.17) is 4.74 Å². The molecule has 28 heavy (non-hydrogen) atoms. The van der Waals surface area contributed by atoms with Crippen LogP contribution in [0.4, 0.5) is 0 Å². The normalized spacial score (nSPS) is 27.7. The third-order valence-corrected chi connectivity index (χ3v) is 6.54. The molecule has 3 heterocycles. The fourth-order valence-corrected chi connectivity index (χ4v) is 4.96. The van der Waals surface area contributed by atoms with Crippen molar-refractivity contribution in [3.05, 3.63) is 0 Å². The molecule has 0 spiro atoms. The molecule has 3 aliphatic heterocycles. The van der Waals surface area contributed by atoms with E-state index in [1.54, 1.807) is 0 Å².